The Balaban J connectivity index is 0.000000234. The van der Waals surface area contributed by atoms with E-state index in [1.807, 2.05) is 38.4 Å². The van der Waals surface area contributed by atoms with Crippen molar-refractivity contribution in [2.24, 2.45) is 0 Å². The molecule has 0 radical (unpaired) electrons. The highest BCUT2D eigenvalue weighted by Crippen LogP contribution is 2.36. The average molecular weight is 415 g/mol. The molecule has 1 aliphatic heterocycles. The topological polar surface area (TPSA) is 53.0 Å². The van der Waals surface area contributed by atoms with Gasteiger partial charge in [0.1, 0.15) is 17.2 Å². The lowest BCUT2D eigenvalue weighted by Gasteiger charge is -2.47. The van der Waals surface area contributed by atoms with E-state index in [1.165, 1.54) is 12.2 Å². The van der Waals surface area contributed by atoms with Crippen molar-refractivity contribution >= 4 is 5.78 Å². The Morgan fingerprint density at radius 3 is 2.60 bits per heavy atom. The number of rotatable bonds is 5. The number of ketones is 1. The number of hydrogen-bond donors (Lipinski definition) is 1. The number of Topliss-reactive ketones (excluding diaryl/α,β-unsaturated/α-hetero) is 1. The first-order valence-corrected chi connectivity index (χ1v) is 10.4. The monoisotopic (exact) mass is 414 g/mol. The molecule has 1 aromatic carbocycles. The molecular weight excluding hydrogens is 383 g/mol. The van der Waals surface area contributed by atoms with Crippen molar-refractivity contribution in [1.29, 1.82) is 0 Å². The van der Waals surface area contributed by atoms with Crippen LogP contribution in [0, 0.1) is 0 Å². The Hall–Kier alpha value is -2.28. The van der Waals surface area contributed by atoms with Gasteiger partial charge in [-0.15, -0.1) is 0 Å². The molecule has 2 bridgehead atoms. The van der Waals surface area contributed by atoms with E-state index in [9.17, 15) is 14.3 Å². The lowest BCUT2D eigenvalue weighted by molar-refractivity contribution is -0.111. The van der Waals surface area contributed by atoms with Gasteiger partial charge in [0.15, 0.2) is 5.78 Å². The van der Waals surface area contributed by atoms with E-state index in [-0.39, 0.29) is 17.4 Å². The molecule has 2 unspecified atom stereocenters. The van der Waals surface area contributed by atoms with Crippen LogP contribution < -0.4 is 4.74 Å². The molecule has 0 saturated carbocycles. The molecule has 1 fully saturated rings. The molecule has 0 amide bonds. The number of carbonyl (C=O) groups excluding carboxylic acids is 1. The molecule has 5 nitrogen and oxygen atoms in total. The zero-order chi connectivity index (χ0) is 21.9. The van der Waals surface area contributed by atoms with Crippen molar-refractivity contribution in [3.8, 4) is 5.75 Å². The summed E-state index contributed by atoms with van der Waals surface area (Å²) in [5.74, 6) is 0.236. The third kappa shape index (κ3) is 4.41. The summed E-state index contributed by atoms with van der Waals surface area (Å²) in [7, 11) is 5.76. The predicted molar refractivity (Wildman–Crippen MR) is 116 cm³/mol. The number of likely N-dealkylation sites (tertiary alicyclic amines) is 1. The van der Waals surface area contributed by atoms with Crippen LogP contribution in [0.2, 0.25) is 0 Å². The Kier molecular flexibility index (Phi) is 6.91. The minimum atomic E-state index is -0.817. The molecular formula is C24H31FN2O3. The summed E-state index contributed by atoms with van der Waals surface area (Å²) in [5, 5.41) is 11.4. The van der Waals surface area contributed by atoms with E-state index in [0.717, 1.165) is 43.8 Å². The minimum Gasteiger partial charge on any atom is -0.497 e. The number of nitrogens with zero attached hydrogens (tertiary/aromatic N) is 2. The third-order valence-corrected chi connectivity index (χ3v) is 6.00. The summed E-state index contributed by atoms with van der Waals surface area (Å²) in [6, 6.07) is 7.94. The summed E-state index contributed by atoms with van der Waals surface area (Å²) in [6.45, 7) is 5.13. The fourth-order valence-corrected chi connectivity index (χ4v) is 4.32. The highest BCUT2D eigenvalue weighted by Gasteiger charge is 2.44. The maximum absolute atomic E-state index is 12.4. The second kappa shape index (κ2) is 9.25. The number of allylic oxidation sites excluding steroid dienone is 6. The van der Waals surface area contributed by atoms with Gasteiger partial charge in [0, 0.05) is 18.7 Å². The van der Waals surface area contributed by atoms with Gasteiger partial charge in [0.05, 0.1) is 18.7 Å². The number of fused-ring (bicyclic) bond motifs is 2. The van der Waals surface area contributed by atoms with Crippen LogP contribution in [0.15, 0.2) is 59.5 Å². The molecule has 1 N–H and O–H groups in total. The maximum atomic E-state index is 12.4. The van der Waals surface area contributed by atoms with E-state index in [4.69, 9.17) is 4.74 Å². The molecule has 1 saturated heterocycles. The number of aliphatic hydroxyl groups is 1. The number of ether oxygens (including phenoxy) is 1. The highest BCUT2D eigenvalue weighted by molar-refractivity contribution is 6.18. The van der Waals surface area contributed by atoms with Crippen LogP contribution in [0.25, 0.3) is 0 Å². The van der Waals surface area contributed by atoms with Gasteiger partial charge in [-0.2, -0.15) is 0 Å². The number of benzene rings is 1. The zero-order valence-corrected chi connectivity index (χ0v) is 18.2. The second-order valence-electron chi connectivity index (χ2n) is 8.21. The number of piperidine rings is 1. The van der Waals surface area contributed by atoms with Crippen LogP contribution in [-0.2, 0) is 10.4 Å². The maximum Gasteiger partial charge on any atom is 0.196 e. The summed E-state index contributed by atoms with van der Waals surface area (Å²) < 4.78 is 17.7. The zero-order valence-electron chi connectivity index (χ0n) is 18.2. The Morgan fingerprint density at radius 1 is 1.33 bits per heavy atom. The van der Waals surface area contributed by atoms with E-state index < -0.39 is 11.4 Å². The average Bonchev–Trinajstić information content (AvgIpc) is 3.23. The standard InChI is InChI=1S/C17H28N2O2.C7H3FO/c1-5-10-19-11-9-17(20,16(13-19)18(2)3)14-7-6-8-15(12-14)21-4;8-6-3-4-1-2-5(6)7(4)9/h6-8,12,16,20H,5,9-11,13H2,1-4H3;1-3H. The molecule has 3 aliphatic rings. The first kappa shape index (κ1) is 22.4. The van der Waals surface area contributed by atoms with Crippen LogP contribution in [0.3, 0.4) is 0 Å². The Bertz CT molecular complexity index is 890. The van der Waals surface area contributed by atoms with Crippen molar-refractivity contribution in [2.75, 3.05) is 40.8 Å². The SMILES string of the molecule is CCCN1CCC(O)(c2cccc(OC)c2)C(N(C)C)C1.O=C1C2=CC(F)=C1C=C2. The van der Waals surface area contributed by atoms with Crippen molar-refractivity contribution in [2.45, 2.75) is 31.4 Å². The van der Waals surface area contributed by atoms with Crippen LogP contribution in [-0.4, -0.2) is 67.6 Å². The normalized spacial score (nSPS) is 25.5. The molecule has 162 valence electrons. The number of hydrogen-bond acceptors (Lipinski definition) is 5. The van der Waals surface area contributed by atoms with Crippen LogP contribution in [0.5, 0.6) is 5.75 Å². The molecule has 6 heteroatoms. The first-order chi connectivity index (χ1) is 14.3. The predicted octanol–water partition coefficient (Wildman–Crippen LogP) is 3.22. The van der Waals surface area contributed by atoms with Gasteiger partial charge in [-0.25, -0.2) is 4.39 Å². The van der Waals surface area contributed by atoms with E-state index in [2.05, 4.69) is 16.7 Å². The summed E-state index contributed by atoms with van der Waals surface area (Å²) >= 11 is 0. The van der Waals surface area contributed by atoms with Crippen molar-refractivity contribution in [3.05, 3.63) is 65.0 Å². The molecule has 1 aromatic rings. The number of methoxy groups -OCH3 is 1. The van der Waals surface area contributed by atoms with Crippen LogP contribution in [0.1, 0.15) is 25.3 Å². The van der Waals surface area contributed by atoms with E-state index >= 15 is 0 Å². The molecule has 0 spiro atoms. The molecule has 2 aliphatic carbocycles. The van der Waals surface area contributed by atoms with Gasteiger partial charge in [0.25, 0.3) is 0 Å². The molecule has 30 heavy (non-hydrogen) atoms. The Labute approximate surface area is 178 Å². The van der Waals surface area contributed by atoms with E-state index in [0.29, 0.717) is 5.57 Å². The largest absolute Gasteiger partial charge is 0.497 e. The van der Waals surface area contributed by atoms with Gasteiger partial charge in [0.2, 0.25) is 0 Å². The molecule has 2 atom stereocenters. The van der Waals surface area contributed by atoms with Gasteiger partial charge < -0.3 is 19.6 Å². The van der Waals surface area contributed by atoms with Crippen molar-refractivity contribution in [1.82, 2.24) is 9.80 Å². The summed E-state index contributed by atoms with van der Waals surface area (Å²) in [5.41, 5.74) is 0.826. The summed E-state index contributed by atoms with van der Waals surface area (Å²) in [6.07, 6.45) is 6.30. The quantitative estimate of drug-likeness (QED) is 0.802. The van der Waals surface area contributed by atoms with Crippen LogP contribution in [0.4, 0.5) is 4.39 Å². The number of likely N-dealkylation sites (N-methyl/N-ethyl adjacent to an activating group) is 1. The Morgan fingerprint density at radius 2 is 2.10 bits per heavy atom. The highest BCUT2D eigenvalue weighted by atomic mass is 19.1. The number of halogens is 1. The van der Waals surface area contributed by atoms with Gasteiger partial charge in [-0.1, -0.05) is 25.1 Å². The molecule has 1 heterocycles. The first-order valence-electron chi connectivity index (χ1n) is 10.4. The van der Waals surface area contributed by atoms with Gasteiger partial charge in [-0.3, -0.25) is 4.79 Å². The minimum absolute atomic E-state index is 0.0879. The van der Waals surface area contributed by atoms with Crippen molar-refractivity contribution in [3.63, 3.8) is 0 Å². The summed E-state index contributed by atoms with van der Waals surface area (Å²) in [4.78, 5) is 15.3. The molecule has 0 aromatic heterocycles. The molecule has 4 rings (SSSR count). The smallest absolute Gasteiger partial charge is 0.196 e. The number of carbonyl (C=O) groups is 1. The lowest BCUT2D eigenvalue weighted by atomic mass is 9.79. The van der Waals surface area contributed by atoms with Gasteiger partial charge >= 0.3 is 0 Å². The van der Waals surface area contributed by atoms with Crippen LogP contribution >= 0.6 is 0 Å². The van der Waals surface area contributed by atoms with E-state index in [1.54, 1.807) is 13.2 Å². The van der Waals surface area contributed by atoms with Gasteiger partial charge in [-0.05, 0) is 63.3 Å². The van der Waals surface area contributed by atoms with Crippen molar-refractivity contribution < 1.29 is 19.0 Å². The lowest BCUT2D eigenvalue weighted by Crippen LogP contribution is -2.59. The fourth-order valence-electron chi connectivity index (χ4n) is 4.32. The third-order valence-electron chi connectivity index (χ3n) is 6.00. The fraction of sp³-hybridized carbons (Fsp3) is 0.458. The second-order valence-corrected chi connectivity index (χ2v) is 8.21.